The van der Waals surface area contributed by atoms with Gasteiger partial charge in [-0.15, -0.1) is 0 Å². The molecule has 154 valence electrons. The van der Waals surface area contributed by atoms with Crippen LogP contribution in [-0.4, -0.2) is 37.8 Å². The normalized spacial score (nSPS) is 20.7. The molecule has 0 bridgehead atoms. The highest BCUT2D eigenvalue weighted by Crippen LogP contribution is 2.33. The summed E-state index contributed by atoms with van der Waals surface area (Å²) in [7, 11) is -3.81. The molecule has 10 heteroatoms. The van der Waals surface area contributed by atoms with Gasteiger partial charge in [0.2, 0.25) is 10.0 Å². The fraction of sp³-hybridized carbons (Fsp3) is 0.316. The number of hydrogen-bond acceptors (Lipinski definition) is 4. The summed E-state index contributed by atoms with van der Waals surface area (Å²) in [5, 5.41) is 5.38. The lowest BCUT2D eigenvalue weighted by atomic mass is 10.0. The van der Waals surface area contributed by atoms with Gasteiger partial charge in [0.15, 0.2) is 17.5 Å². The highest BCUT2D eigenvalue weighted by atomic mass is 32.2. The lowest BCUT2D eigenvalue weighted by Gasteiger charge is -2.32. The van der Waals surface area contributed by atoms with Crippen LogP contribution in [0, 0.1) is 17.5 Å². The van der Waals surface area contributed by atoms with E-state index in [9.17, 15) is 26.4 Å². The Bertz CT molecular complexity index is 1070. The molecule has 2 aromatic rings. The van der Waals surface area contributed by atoms with Gasteiger partial charge in [-0.2, -0.15) is 4.31 Å². The number of piperidine rings is 1. The molecule has 0 spiro atoms. The molecule has 0 aromatic heterocycles. The van der Waals surface area contributed by atoms with E-state index >= 15 is 0 Å². The molecule has 0 radical (unpaired) electrons. The van der Waals surface area contributed by atoms with Crippen LogP contribution in [0.25, 0.3) is 0 Å². The summed E-state index contributed by atoms with van der Waals surface area (Å²) in [5.41, 5.74) is 0.114. The third-order valence-electron chi connectivity index (χ3n) is 5.17. The number of nitrogens with zero attached hydrogens (tertiary/aromatic N) is 1. The maximum absolute atomic E-state index is 13.4. The van der Waals surface area contributed by atoms with E-state index < -0.39 is 33.4 Å². The van der Waals surface area contributed by atoms with Gasteiger partial charge < -0.3 is 10.6 Å². The zero-order valence-corrected chi connectivity index (χ0v) is 16.0. The van der Waals surface area contributed by atoms with Gasteiger partial charge in [-0.3, -0.25) is 4.79 Å². The first-order valence-corrected chi connectivity index (χ1v) is 10.6. The minimum absolute atomic E-state index is 0.00488. The van der Waals surface area contributed by atoms with E-state index in [-0.39, 0.29) is 22.2 Å². The zero-order valence-electron chi connectivity index (χ0n) is 15.2. The Hall–Kier alpha value is -2.59. The summed E-state index contributed by atoms with van der Waals surface area (Å²) in [4.78, 5) is 12.5. The van der Waals surface area contributed by atoms with Gasteiger partial charge in [0, 0.05) is 42.5 Å². The van der Waals surface area contributed by atoms with Crippen molar-refractivity contribution >= 4 is 27.3 Å². The molecule has 29 heavy (non-hydrogen) atoms. The molecule has 0 aliphatic carbocycles. The number of nitrogens with one attached hydrogen (secondary N) is 2. The molecule has 4 rings (SSSR count). The molecule has 1 fully saturated rings. The molecule has 1 amide bonds. The Kier molecular flexibility index (Phi) is 4.99. The minimum Gasteiger partial charge on any atom is -0.382 e. The number of benzene rings is 2. The van der Waals surface area contributed by atoms with Crippen molar-refractivity contribution in [2.24, 2.45) is 0 Å². The molecule has 2 aliphatic heterocycles. The van der Waals surface area contributed by atoms with Crippen molar-refractivity contribution in [3.05, 3.63) is 53.3 Å². The molecule has 6 nitrogen and oxygen atoms in total. The van der Waals surface area contributed by atoms with E-state index in [2.05, 4.69) is 10.6 Å². The predicted octanol–water partition coefficient (Wildman–Crippen LogP) is 3.32. The third-order valence-corrected chi connectivity index (χ3v) is 7.17. The van der Waals surface area contributed by atoms with E-state index in [1.54, 1.807) is 0 Å². The van der Waals surface area contributed by atoms with E-state index in [1.165, 1.54) is 22.5 Å². The Morgan fingerprint density at radius 2 is 1.83 bits per heavy atom. The van der Waals surface area contributed by atoms with Crippen molar-refractivity contribution in [2.45, 2.75) is 30.2 Å². The number of sulfonamides is 1. The molecule has 1 unspecified atom stereocenters. The predicted molar refractivity (Wildman–Crippen MR) is 101 cm³/mol. The van der Waals surface area contributed by atoms with E-state index in [4.69, 9.17) is 0 Å². The number of anilines is 2. The van der Waals surface area contributed by atoms with E-state index in [0.717, 1.165) is 19.3 Å². The van der Waals surface area contributed by atoms with Gasteiger partial charge in [0.1, 0.15) is 4.90 Å². The summed E-state index contributed by atoms with van der Waals surface area (Å²) < 4.78 is 67.5. The Labute approximate surface area is 165 Å². The minimum atomic E-state index is -3.81. The summed E-state index contributed by atoms with van der Waals surface area (Å²) >= 11 is 0. The highest BCUT2D eigenvalue weighted by Gasteiger charge is 2.37. The lowest BCUT2D eigenvalue weighted by Crippen LogP contribution is -2.45. The zero-order chi connectivity index (χ0) is 20.8. The number of hydrogen-bond donors (Lipinski definition) is 2. The fourth-order valence-electron chi connectivity index (χ4n) is 3.70. The number of fused-ring (bicyclic) bond motifs is 2. The molecule has 2 aliphatic rings. The van der Waals surface area contributed by atoms with Crippen LogP contribution in [0.4, 0.5) is 24.5 Å². The van der Waals surface area contributed by atoms with Crippen LogP contribution in [0.5, 0.6) is 0 Å². The average molecular weight is 425 g/mol. The lowest BCUT2D eigenvalue weighted by molar-refractivity contribution is 0.102. The molecular formula is C19H18F3N3O3S. The van der Waals surface area contributed by atoms with Gasteiger partial charge in [0.05, 0.1) is 5.69 Å². The van der Waals surface area contributed by atoms with Crippen molar-refractivity contribution in [1.82, 2.24) is 4.31 Å². The first kappa shape index (κ1) is 19.7. The smallest absolute Gasteiger partial charge is 0.255 e. The van der Waals surface area contributed by atoms with Gasteiger partial charge >= 0.3 is 0 Å². The molecule has 2 aromatic carbocycles. The van der Waals surface area contributed by atoms with Gasteiger partial charge in [-0.25, -0.2) is 21.6 Å². The number of amides is 1. The van der Waals surface area contributed by atoms with E-state index in [1.807, 2.05) is 0 Å². The molecule has 0 saturated carbocycles. The summed E-state index contributed by atoms with van der Waals surface area (Å²) in [6, 6.07) is 5.29. The van der Waals surface area contributed by atoms with Gasteiger partial charge in [0.25, 0.3) is 5.91 Å². The molecule has 2 N–H and O–H groups in total. The Morgan fingerprint density at radius 3 is 2.55 bits per heavy atom. The summed E-state index contributed by atoms with van der Waals surface area (Å²) in [6.07, 6.45) is 2.48. The standard InChI is InChI=1S/C19H18F3N3O3S/c20-14-8-12(9-15(21)18(14)22)24-19(26)11-4-5-16-17(7-11)29(27,28)25-6-2-1-3-13(25)10-23-16/h4-5,7-9,13,23H,1-3,6,10H2,(H,24,26). The second-order valence-corrected chi connectivity index (χ2v) is 8.92. The van der Waals surface area contributed by atoms with Crippen molar-refractivity contribution in [2.75, 3.05) is 23.7 Å². The summed E-state index contributed by atoms with van der Waals surface area (Å²) in [6.45, 7) is 0.893. The number of carbonyl (C=O) groups is 1. The average Bonchev–Trinajstić information content (AvgIpc) is 2.80. The van der Waals surface area contributed by atoms with Crippen LogP contribution >= 0.6 is 0 Å². The third kappa shape index (κ3) is 3.58. The van der Waals surface area contributed by atoms with Crippen LogP contribution < -0.4 is 10.6 Å². The largest absolute Gasteiger partial charge is 0.382 e. The van der Waals surface area contributed by atoms with Gasteiger partial charge in [-0.1, -0.05) is 6.42 Å². The quantitative estimate of drug-likeness (QED) is 0.724. The van der Waals surface area contributed by atoms with Crippen LogP contribution in [0.3, 0.4) is 0 Å². The first-order valence-electron chi connectivity index (χ1n) is 9.13. The fourth-order valence-corrected chi connectivity index (χ4v) is 5.59. The van der Waals surface area contributed by atoms with Crippen LogP contribution in [0.2, 0.25) is 0 Å². The van der Waals surface area contributed by atoms with Crippen molar-refractivity contribution in [1.29, 1.82) is 0 Å². The van der Waals surface area contributed by atoms with Crippen LogP contribution in [0.15, 0.2) is 35.2 Å². The van der Waals surface area contributed by atoms with E-state index in [0.29, 0.717) is 30.9 Å². The molecular weight excluding hydrogens is 407 g/mol. The monoisotopic (exact) mass is 425 g/mol. The van der Waals surface area contributed by atoms with Gasteiger partial charge in [-0.05, 0) is 31.0 Å². The van der Waals surface area contributed by atoms with Crippen LogP contribution in [-0.2, 0) is 10.0 Å². The SMILES string of the molecule is O=C(Nc1cc(F)c(F)c(F)c1)c1ccc2c(c1)S(=O)(=O)N1CCCCC1CN2. The van der Waals surface area contributed by atoms with Crippen LogP contribution in [0.1, 0.15) is 29.6 Å². The topological polar surface area (TPSA) is 78.5 Å². The van der Waals surface area contributed by atoms with Crippen molar-refractivity contribution in [3.8, 4) is 0 Å². The number of halogens is 3. The number of rotatable bonds is 2. The first-order chi connectivity index (χ1) is 13.8. The second-order valence-electron chi connectivity index (χ2n) is 7.07. The highest BCUT2D eigenvalue weighted by molar-refractivity contribution is 7.89. The molecule has 1 atom stereocenters. The Morgan fingerprint density at radius 1 is 1.10 bits per heavy atom. The molecule has 2 heterocycles. The van der Waals surface area contributed by atoms with Crippen molar-refractivity contribution < 1.29 is 26.4 Å². The maximum atomic E-state index is 13.4. The maximum Gasteiger partial charge on any atom is 0.255 e. The number of carbonyl (C=O) groups excluding carboxylic acids is 1. The Balaban J connectivity index is 1.66. The van der Waals surface area contributed by atoms with Crippen molar-refractivity contribution in [3.63, 3.8) is 0 Å². The molecule has 1 saturated heterocycles. The second kappa shape index (κ2) is 7.34. The summed E-state index contributed by atoms with van der Waals surface area (Å²) in [5.74, 6) is -5.29.